The summed E-state index contributed by atoms with van der Waals surface area (Å²) in [6.45, 7) is 1.99. The van der Waals surface area contributed by atoms with Gasteiger partial charge in [-0.15, -0.1) is 10.2 Å². The van der Waals surface area contributed by atoms with Crippen LogP contribution in [-0.4, -0.2) is 31.2 Å². The zero-order chi connectivity index (χ0) is 20.2. The fraction of sp³-hybridized carbons (Fsp3) is 0.0952. The zero-order valence-electron chi connectivity index (χ0n) is 15.6. The number of thioether (sulfide) groups is 1. The van der Waals surface area contributed by atoms with Gasteiger partial charge in [-0.25, -0.2) is 4.68 Å². The Morgan fingerprint density at radius 1 is 1.07 bits per heavy atom. The molecular weight excluding hydrogens is 406 g/mol. The normalized spacial score (nSPS) is 10.8. The summed E-state index contributed by atoms with van der Waals surface area (Å²) < 4.78 is 3.75. The van der Waals surface area contributed by atoms with Gasteiger partial charge in [-0.1, -0.05) is 35.5 Å². The molecule has 0 saturated carbocycles. The number of benzene rings is 2. The molecule has 2 aromatic heterocycles. The Morgan fingerprint density at radius 3 is 2.55 bits per heavy atom. The number of hydrogen-bond donors (Lipinski definition) is 1. The summed E-state index contributed by atoms with van der Waals surface area (Å²) in [5.74, 6) is 0.781. The first-order valence-electron chi connectivity index (χ1n) is 8.94. The summed E-state index contributed by atoms with van der Waals surface area (Å²) in [5, 5.41) is 12.8. The van der Waals surface area contributed by atoms with Crippen LogP contribution in [0.4, 0.5) is 5.69 Å². The Hall–Kier alpha value is -3.03. The molecule has 0 aliphatic carbocycles. The minimum absolute atomic E-state index is 0.101. The van der Waals surface area contributed by atoms with Crippen LogP contribution < -0.4 is 5.32 Å². The van der Waals surface area contributed by atoms with E-state index in [1.807, 2.05) is 89.3 Å². The molecule has 8 heteroatoms. The van der Waals surface area contributed by atoms with E-state index >= 15 is 0 Å². The molecule has 0 atom stereocenters. The molecular formula is C21H18ClN5OS. The van der Waals surface area contributed by atoms with Crippen LogP contribution in [0.5, 0.6) is 0 Å². The molecule has 0 aliphatic heterocycles. The van der Waals surface area contributed by atoms with Crippen molar-refractivity contribution in [2.24, 2.45) is 0 Å². The smallest absolute Gasteiger partial charge is 0.234 e. The number of carbonyl (C=O) groups excluding carboxylic acids is 1. The Bertz CT molecular complexity index is 1120. The summed E-state index contributed by atoms with van der Waals surface area (Å²) in [6, 6.07) is 19.0. The number of anilines is 1. The number of halogens is 1. The van der Waals surface area contributed by atoms with Crippen molar-refractivity contribution in [1.82, 2.24) is 19.5 Å². The molecule has 0 radical (unpaired) electrons. The van der Waals surface area contributed by atoms with Crippen LogP contribution in [0.3, 0.4) is 0 Å². The summed E-state index contributed by atoms with van der Waals surface area (Å²) in [6.07, 6.45) is 3.80. The first kappa shape index (κ1) is 19.3. The van der Waals surface area contributed by atoms with E-state index in [0.29, 0.717) is 16.0 Å². The lowest BCUT2D eigenvalue weighted by Crippen LogP contribution is -2.16. The number of nitrogens with one attached hydrogen (secondary N) is 1. The van der Waals surface area contributed by atoms with Gasteiger partial charge in [0.1, 0.15) is 0 Å². The number of amides is 1. The maximum absolute atomic E-state index is 12.4. The maximum Gasteiger partial charge on any atom is 0.234 e. The minimum Gasteiger partial charge on any atom is -0.325 e. The molecule has 2 aromatic carbocycles. The molecule has 146 valence electrons. The van der Waals surface area contributed by atoms with E-state index in [0.717, 1.165) is 16.8 Å². The molecule has 4 aromatic rings. The fourth-order valence-electron chi connectivity index (χ4n) is 2.85. The third-order valence-corrected chi connectivity index (χ3v) is 5.34. The third-order valence-electron chi connectivity index (χ3n) is 4.17. The highest BCUT2D eigenvalue weighted by molar-refractivity contribution is 7.99. The first-order chi connectivity index (χ1) is 14.1. The van der Waals surface area contributed by atoms with Gasteiger partial charge >= 0.3 is 0 Å². The average molecular weight is 424 g/mol. The second-order valence-corrected chi connectivity index (χ2v) is 7.77. The number of nitrogens with zero attached hydrogens (tertiary/aromatic N) is 4. The van der Waals surface area contributed by atoms with Gasteiger partial charge in [0.25, 0.3) is 0 Å². The van der Waals surface area contributed by atoms with Crippen molar-refractivity contribution in [1.29, 1.82) is 0 Å². The van der Waals surface area contributed by atoms with E-state index in [1.165, 1.54) is 11.8 Å². The predicted octanol–water partition coefficient (Wildman–Crippen LogP) is 4.75. The predicted molar refractivity (Wildman–Crippen MR) is 116 cm³/mol. The molecule has 0 aliphatic rings. The SMILES string of the molecule is Cc1cccc(NC(=O)CSc2nnc(-c3ccc(Cl)cc3)n2-n2cccc2)c1. The fourth-order valence-corrected chi connectivity index (χ4v) is 3.71. The Morgan fingerprint density at radius 2 is 1.83 bits per heavy atom. The van der Waals surface area contributed by atoms with Crippen LogP contribution >= 0.6 is 23.4 Å². The summed E-state index contributed by atoms with van der Waals surface area (Å²) in [7, 11) is 0. The second kappa shape index (κ2) is 8.55. The van der Waals surface area contributed by atoms with Crippen molar-refractivity contribution in [3.05, 3.63) is 83.6 Å². The molecule has 0 spiro atoms. The molecule has 1 amide bonds. The Balaban J connectivity index is 1.56. The standard InChI is InChI=1S/C21H18ClN5OS/c1-15-5-4-6-18(13-15)23-19(28)14-29-21-25-24-20(16-7-9-17(22)10-8-16)27(21)26-11-2-3-12-26/h2-13H,14H2,1H3,(H,23,28). The monoisotopic (exact) mass is 423 g/mol. The molecule has 0 unspecified atom stereocenters. The Labute approximate surface area is 177 Å². The topological polar surface area (TPSA) is 64.7 Å². The molecule has 29 heavy (non-hydrogen) atoms. The van der Waals surface area contributed by atoms with Gasteiger partial charge in [-0.05, 0) is 61.0 Å². The van der Waals surface area contributed by atoms with E-state index < -0.39 is 0 Å². The highest BCUT2D eigenvalue weighted by Crippen LogP contribution is 2.25. The molecule has 0 saturated heterocycles. The number of hydrogen-bond acceptors (Lipinski definition) is 4. The van der Waals surface area contributed by atoms with Crippen LogP contribution in [0.25, 0.3) is 11.4 Å². The second-order valence-electron chi connectivity index (χ2n) is 6.39. The highest BCUT2D eigenvalue weighted by atomic mass is 35.5. The Kier molecular flexibility index (Phi) is 5.69. The number of aromatic nitrogens is 4. The number of aryl methyl sites for hydroxylation is 1. The van der Waals surface area contributed by atoms with E-state index in [2.05, 4.69) is 15.5 Å². The quantitative estimate of drug-likeness (QED) is 0.454. The highest BCUT2D eigenvalue weighted by Gasteiger charge is 2.17. The molecule has 6 nitrogen and oxygen atoms in total. The summed E-state index contributed by atoms with van der Waals surface area (Å²) in [5.41, 5.74) is 2.76. The summed E-state index contributed by atoms with van der Waals surface area (Å²) in [4.78, 5) is 12.4. The van der Waals surface area contributed by atoms with E-state index in [4.69, 9.17) is 11.6 Å². The van der Waals surface area contributed by atoms with Crippen molar-refractivity contribution in [3.8, 4) is 11.4 Å². The van der Waals surface area contributed by atoms with Crippen LogP contribution in [0.1, 0.15) is 5.56 Å². The third kappa shape index (κ3) is 4.52. The van der Waals surface area contributed by atoms with E-state index in [-0.39, 0.29) is 11.7 Å². The van der Waals surface area contributed by atoms with Crippen molar-refractivity contribution >= 4 is 35.0 Å². The van der Waals surface area contributed by atoms with Gasteiger partial charge in [0.05, 0.1) is 5.75 Å². The largest absolute Gasteiger partial charge is 0.325 e. The average Bonchev–Trinajstić information content (AvgIpc) is 3.36. The molecule has 4 rings (SSSR count). The molecule has 0 fully saturated rings. The lowest BCUT2D eigenvalue weighted by Gasteiger charge is -2.11. The van der Waals surface area contributed by atoms with Crippen molar-refractivity contribution < 1.29 is 4.79 Å². The van der Waals surface area contributed by atoms with E-state index in [1.54, 1.807) is 0 Å². The van der Waals surface area contributed by atoms with Crippen molar-refractivity contribution in [2.75, 3.05) is 11.1 Å². The van der Waals surface area contributed by atoms with Crippen LogP contribution in [0.2, 0.25) is 5.02 Å². The molecule has 0 bridgehead atoms. The van der Waals surface area contributed by atoms with Gasteiger partial charge in [-0.3, -0.25) is 9.47 Å². The van der Waals surface area contributed by atoms with Crippen LogP contribution in [0.15, 0.2) is 78.2 Å². The van der Waals surface area contributed by atoms with Crippen molar-refractivity contribution in [3.63, 3.8) is 0 Å². The molecule has 2 heterocycles. The lowest BCUT2D eigenvalue weighted by molar-refractivity contribution is -0.113. The molecule has 1 N–H and O–H groups in total. The first-order valence-corrected chi connectivity index (χ1v) is 10.3. The van der Waals surface area contributed by atoms with E-state index in [9.17, 15) is 4.79 Å². The van der Waals surface area contributed by atoms with Gasteiger partial charge in [0.15, 0.2) is 5.82 Å². The van der Waals surface area contributed by atoms with Gasteiger partial charge in [0.2, 0.25) is 11.1 Å². The van der Waals surface area contributed by atoms with Gasteiger partial charge < -0.3 is 5.32 Å². The summed E-state index contributed by atoms with van der Waals surface area (Å²) >= 11 is 7.33. The zero-order valence-corrected chi connectivity index (χ0v) is 17.2. The van der Waals surface area contributed by atoms with Gasteiger partial charge in [0, 0.05) is 28.7 Å². The lowest BCUT2D eigenvalue weighted by atomic mass is 10.2. The van der Waals surface area contributed by atoms with Crippen LogP contribution in [0, 0.1) is 6.92 Å². The van der Waals surface area contributed by atoms with Crippen molar-refractivity contribution in [2.45, 2.75) is 12.1 Å². The number of rotatable bonds is 6. The minimum atomic E-state index is -0.101. The maximum atomic E-state index is 12.4. The van der Waals surface area contributed by atoms with Crippen LogP contribution in [-0.2, 0) is 4.79 Å². The van der Waals surface area contributed by atoms with Gasteiger partial charge in [-0.2, -0.15) is 0 Å². The number of carbonyl (C=O) groups is 1.